The average Bonchev–Trinajstić information content (AvgIpc) is 3.02. The molecular formula is C22H29N3O4. The summed E-state index contributed by atoms with van der Waals surface area (Å²) in [5.41, 5.74) is 1.83. The lowest BCUT2D eigenvalue weighted by atomic mass is 9.82. The third-order valence-electron chi connectivity index (χ3n) is 5.63. The van der Waals surface area contributed by atoms with E-state index in [9.17, 15) is 19.5 Å². The van der Waals surface area contributed by atoms with Gasteiger partial charge in [0.15, 0.2) is 0 Å². The molecule has 0 bridgehead atoms. The molecule has 1 aromatic carbocycles. The van der Waals surface area contributed by atoms with Crippen molar-refractivity contribution in [2.75, 3.05) is 29.9 Å². The highest BCUT2D eigenvalue weighted by Crippen LogP contribution is 2.26. The van der Waals surface area contributed by atoms with Gasteiger partial charge in [0.1, 0.15) is 0 Å². The summed E-state index contributed by atoms with van der Waals surface area (Å²) in [6, 6.07) is 7.75. The molecule has 1 fully saturated rings. The number of carbonyl (C=O) groups is 3. The van der Waals surface area contributed by atoms with Crippen LogP contribution in [0.4, 0.5) is 11.4 Å². The highest BCUT2D eigenvalue weighted by molar-refractivity contribution is 5.95. The molecule has 0 radical (unpaired) electrons. The van der Waals surface area contributed by atoms with E-state index in [2.05, 4.69) is 15.5 Å². The molecule has 0 aromatic heterocycles. The molecule has 7 nitrogen and oxygen atoms in total. The summed E-state index contributed by atoms with van der Waals surface area (Å²) in [7, 11) is 0. The standard InChI is InChI=1S/C22H29N3O4/c26-20(15-23-21(27)18-7-3-4-8-19(18)22(28)29)24-16-9-11-17(12-10-16)25-13-5-1-2-6-14-25/h3-4,9-12,18-19H,1-2,5-8,13-15H2,(H,23,27)(H,24,26)(H,28,29)/t18-,19-/m1/s1. The first-order chi connectivity index (χ1) is 14.0. The number of allylic oxidation sites excluding steroid dienone is 2. The van der Waals surface area contributed by atoms with E-state index in [1.54, 1.807) is 6.08 Å². The third kappa shape index (κ3) is 5.82. The van der Waals surface area contributed by atoms with Gasteiger partial charge in [0.2, 0.25) is 11.8 Å². The second kappa shape index (κ2) is 10.1. The monoisotopic (exact) mass is 399 g/mol. The predicted octanol–water partition coefficient (Wildman–Crippen LogP) is 2.79. The van der Waals surface area contributed by atoms with Crippen molar-refractivity contribution in [3.8, 4) is 0 Å². The molecule has 0 spiro atoms. The zero-order valence-corrected chi connectivity index (χ0v) is 16.6. The number of carbonyl (C=O) groups excluding carboxylic acids is 2. The zero-order chi connectivity index (χ0) is 20.6. The summed E-state index contributed by atoms with van der Waals surface area (Å²) in [5.74, 6) is -3.09. The van der Waals surface area contributed by atoms with Crippen molar-refractivity contribution in [2.45, 2.75) is 38.5 Å². The Morgan fingerprint density at radius 1 is 0.931 bits per heavy atom. The Balaban J connectivity index is 1.48. The van der Waals surface area contributed by atoms with E-state index in [-0.39, 0.29) is 12.5 Å². The van der Waals surface area contributed by atoms with Gasteiger partial charge in [-0.3, -0.25) is 14.4 Å². The smallest absolute Gasteiger partial charge is 0.307 e. The topological polar surface area (TPSA) is 98.7 Å². The maximum absolute atomic E-state index is 12.3. The average molecular weight is 399 g/mol. The van der Waals surface area contributed by atoms with E-state index in [1.807, 2.05) is 30.3 Å². The highest BCUT2D eigenvalue weighted by Gasteiger charge is 2.33. The number of anilines is 2. The van der Waals surface area contributed by atoms with E-state index < -0.39 is 23.7 Å². The molecule has 0 unspecified atom stereocenters. The lowest BCUT2D eigenvalue weighted by Gasteiger charge is -2.24. The van der Waals surface area contributed by atoms with Gasteiger partial charge in [-0.2, -0.15) is 0 Å². The molecule has 2 atom stereocenters. The molecule has 1 aromatic rings. The van der Waals surface area contributed by atoms with Crippen LogP contribution in [0.2, 0.25) is 0 Å². The second-order valence-electron chi connectivity index (χ2n) is 7.71. The van der Waals surface area contributed by atoms with Crippen molar-refractivity contribution in [3.63, 3.8) is 0 Å². The van der Waals surface area contributed by atoms with Gasteiger partial charge in [0.25, 0.3) is 0 Å². The molecule has 156 valence electrons. The predicted molar refractivity (Wildman–Crippen MR) is 112 cm³/mol. The molecule has 1 aliphatic carbocycles. The van der Waals surface area contributed by atoms with Gasteiger partial charge in [0.05, 0.1) is 18.4 Å². The summed E-state index contributed by atoms with van der Waals surface area (Å²) < 4.78 is 0. The maximum atomic E-state index is 12.3. The Hall–Kier alpha value is -2.83. The Kier molecular flexibility index (Phi) is 7.27. The van der Waals surface area contributed by atoms with Crippen LogP contribution in [0.25, 0.3) is 0 Å². The first-order valence-electron chi connectivity index (χ1n) is 10.3. The van der Waals surface area contributed by atoms with Crippen LogP contribution in [-0.4, -0.2) is 42.5 Å². The molecule has 1 heterocycles. The summed E-state index contributed by atoms with van der Waals surface area (Å²) in [5, 5.41) is 14.6. The van der Waals surface area contributed by atoms with Crippen LogP contribution in [-0.2, 0) is 14.4 Å². The Morgan fingerprint density at radius 2 is 1.55 bits per heavy atom. The van der Waals surface area contributed by atoms with Gasteiger partial charge in [-0.1, -0.05) is 25.0 Å². The highest BCUT2D eigenvalue weighted by atomic mass is 16.4. The van der Waals surface area contributed by atoms with E-state index in [0.29, 0.717) is 18.5 Å². The number of hydrogen-bond donors (Lipinski definition) is 3. The molecule has 2 aliphatic rings. The summed E-state index contributed by atoms with van der Waals surface area (Å²) in [6.07, 6.45) is 9.28. The van der Waals surface area contributed by atoms with Crippen molar-refractivity contribution in [3.05, 3.63) is 36.4 Å². The summed E-state index contributed by atoms with van der Waals surface area (Å²) >= 11 is 0. The maximum Gasteiger partial charge on any atom is 0.307 e. The van der Waals surface area contributed by atoms with Crippen LogP contribution in [0, 0.1) is 11.8 Å². The molecule has 2 amide bonds. The van der Waals surface area contributed by atoms with Gasteiger partial charge >= 0.3 is 5.97 Å². The van der Waals surface area contributed by atoms with Crippen molar-refractivity contribution < 1.29 is 19.5 Å². The number of benzene rings is 1. The zero-order valence-electron chi connectivity index (χ0n) is 16.6. The lowest BCUT2D eigenvalue weighted by molar-refractivity contribution is -0.147. The minimum atomic E-state index is -0.983. The molecule has 3 N–H and O–H groups in total. The van der Waals surface area contributed by atoms with Gasteiger partial charge < -0.3 is 20.6 Å². The van der Waals surface area contributed by atoms with Gasteiger partial charge in [-0.05, 0) is 49.9 Å². The third-order valence-corrected chi connectivity index (χ3v) is 5.63. The van der Waals surface area contributed by atoms with E-state index >= 15 is 0 Å². The van der Waals surface area contributed by atoms with E-state index in [1.165, 1.54) is 25.7 Å². The molecule has 29 heavy (non-hydrogen) atoms. The number of rotatable bonds is 6. The number of carboxylic acids is 1. The van der Waals surface area contributed by atoms with E-state index in [0.717, 1.165) is 18.8 Å². The van der Waals surface area contributed by atoms with Gasteiger partial charge in [0, 0.05) is 24.5 Å². The van der Waals surface area contributed by atoms with Crippen molar-refractivity contribution in [2.24, 2.45) is 11.8 Å². The minimum Gasteiger partial charge on any atom is -0.481 e. The summed E-state index contributed by atoms with van der Waals surface area (Å²) in [4.78, 5) is 38.2. The van der Waals surface area contributed by atoms with Crippen LogP contribution in [0.1, 0.15) is 38.5 Å². The molecular weight excluding hydrogens is 370 g/mol. The van der Waals surface area contributed by atoms with Crippen molar-refractivity contribution >= 4 is 29.2 Å². The first-order valence-corrected chi connectivity index (χ1v) is 10.3. The number of aliphatic carboxylic acids is 1. The molecule has 3 rings (SSSR count). The minimum absolute atomic E-state index is 0.181. The van der Waals surface area contributed by atoms with Crippen LogP contribution >= 0.6 is 0 Å². The van der Waals surface area contributed by atoms with Crippen LogP contribution in [0.15, 0.2) is 36.4 Å². The number of hydrogen-bond acceptors (Lipinski definition) is 4. The summed E-state index contributed by atoms with van der Waals surface area (Å²) in [6.45, 7) is 1.94. The molecule has 1 aliphatic heterocycles. The number of carboxylic acid groups (broad SMARTS) is 1. The van der Waals surface area contributed by atoms with Crippen LogP contribution in [0.5, 0.6) is 0 Å². The van der Waals surface area contributed by atoms with Gasteiger partial charge in [-0.15, -0.1) is 0 Å². The van der Waals surface area contributed by atoms with Crippen LogP contribution < -0.4 is 15.5 Å². The molecule has 1 saturated heterocycles. The van der Waals surface area contributed by atoms with Gasteiger partial charge in [-0.25, -0.2) is 0 Å². The number of nitrogens with zero attached hydrogens (tertiary/aromatic N) is 1. The van der Waals surface area contributed by atoms with Crippen LogP contribution in [0.3, 0.4) is 0 Å². The largest absolute Gasteiger partial charge is 0.481 e. The number of amides is 2. The molecule has 7 heteroatoms. The molecule has 0 saturated carbocycles. The fourth-order valence-corrected chi connectivity index (χ4v) is 3.97. The lowest BCUT2D eigenvalue weighted by Crippen LogP contribution is -2.41. The quantitative estimate of drug-likeness (QED) is 0.639. The second-order valence-corrected chi connectivity index (χ2v) is 7.71. The SMILES string of the molecule is O=C(CNC(=O)[C@@H]1CC=CC[C@H]1C(=O)O)Nc1ccc(N2CCCCCC2)cc1. The Morgan fingerprint density at radius 3 is 2.17 bits per heavy atom. The Labute approximate surface area is 171 Å². The van der Waals surface area contributed by atoms with E-state index in [4.69, 9.17) is 0 Å². The normalized spacial score (nSPS) is 21.9. The van der Waals surface area contributed by atoms with Crippen molar-refractivity contribution in [1.29, 1.82) is 0 Å². The Bertz CT molecular complexity index is 752. The van der Waals surface area contributed by atoms with Crippen molar-refractivity contribution in [1.82, 2.24) is 5.32 Å². The number of nitrogens with one attached hydrogen (secondary N) is 2. The first kappa shape index (κ1) is 20.9. The fraction of sp³-hybridized carbons (Fsp3) is 0.500. The fourth-order valence-electron chi connectivity index (χ4n) is 3.97.